The number of benzene rings is 1. The largest absolute Gasteiger partial charge is 0.480 e. The van der Waals surface area contributed by atoms with Crippen LogP contribution in [-0.2, 0) is 11.3 Å². The van der Waals surface area contributed by atoms with Crippen molar-refractivity contribution in [2.75, 3.05) is 6.61 Å². The fraction of sp³-hybridized carbons (Fsp3) is 0.429. The second kappa shape index (κ2) is 7.49. The molecular formula is C14H20N2O4. The van der Waals surface area contributed by atoms with Crippen molar-refractivity contribution >= 4 is 12.0 Å². The van der Waals surface area contributed by atoms with Gasteiger partial charge in [-0.2, -0.15) is 0 Å². The molecule has 0 aliphatic heterocycles. The standard InChI is InChI=1S/C14H20N2O4/c1-9(2)11-5-3-10(4-6-11)7-15-14(20)16-12(8-17)13(18)19/h3-6,9,12,17H,7-8H2,1-2H3,(H,18,19)(H2,15,16,20). The lowest BCUT2D eigenvalue weighted by molar-refractivity contribution is -0.140. The Morgan fingerprint density at radius 3 is 2.25 bits per heavy atom. The Bertz CT molecular complexity index is 457. The molecule has 4 N–H and O–H groups in total. The number of hydrogen-bond acceptors (Lipinski definition) is 3. The van der Waals surface area contributed by atoms with Crippen LogP contribution in [0.4, 0.5) is 4.79 Å². The Morgan fingerprint density at radius 2 is 1.80 bits per heavy atom. The summed E-state index contributed by atoms with van der Waals surface area (Å²) in [6.45, 7) is 3.84. The van der Waals surface area contributed by atoms with Crippen LogP contribution in [0.1, 0.15) is 30.9 Å². The number of carboxylic acids is 1. The van der Waals surface area contributed by atoms with E-state index in [2.05, 4.69) is 24.5 Å². The predicted octanol–water partition coefficient (Wildman–Crippen LogP) is 1.05. The number of carboxylic acid groups (broad SMARTS) is 1. The Morgan fingerprint density at radius 1 is 1.20 bits per heavy atom. The number of hydrogen-bond donors (Lipinski definition) is 4. The average Bonchev–Trinajstić information content (AvgIpc) is 2.42. The first-order valence-electron chi connectivity index (χ1n) is 6.41. The molecule has 0 aromatic heterocycles. The van der Waals surface area contributed by atoms with E-state index in [0.717, 1.165) is 5.56 Å². The maximum absolute atomic E-state index is 11.5. The van der Waals surface area contributed by atoms with Crippen molar-refractivity contribution in [3.63, 3.8) is 0 Å². The molecule has 0 saturated heterocycles. The van der Waals surface area contributed by atoms with Crippen molar-refractivity contribution in [2.24, 2.45) is 0 Å². The summed E-state index contributed by atoms with van der Waals surface area (Å²) in [7, 11) is 0. The summed E-state index contributed by atoms with van der Waals surface area (Å²) < 4.78 is 0. The zero-order chi connectivity index (χ0) is 15.1. The molecule has 2 amide bonds. The maximum atomic E-state index is 11.5. The Balaban J connectivity index is 2.46. The molecule has 1 aromatic carbocycles. The second-order valence-electron chi connectivity index (χ2n) is 4.80. The molecule has 0 bridgehead atoms. The van der Waals surface area contributed by atoms with Crippen LogP contribution in [0.3, 0.4) is 0 Å². The fourth-order valence-corrected chi connectivity index (χ4v) is 1.60. The first-order chi connectivity index (χ1) is 9.43. The quantitative estimate of drug-likeness (QED) is 0.626. The van der Waals surface area contributed by atoms with E-state index in [1.54, 1.807) is 0 Å². The van der Waals surface area contributed by atoms with Gasteiger partial charge in [0.1, 0.15) is 0 Å². The van der Waals surface area contributed by atoms with Crippen LogP contribution in [0.15, 0.2) is 24.3 Å². The van der Waals surface area contributed by atoms with Crippen LogP contribution in [0.25, 0.3) is 0 Å². The number of aliphatic carboxylic acids is 1. The van der Waals surface area contributed by atoms with Crippen LogP contribution >= 0.6 is 0 Å². The zero-order valence-electron chi connectivity index (χ0n) is 11.6. The number of urea groups is 1. The van der Waals surface area contributed by atoms with Gasteiger partial charge in [0, 0.05) is 6.54 Å². The Hall–Kier alpha value is -2.08. The van der Waals surface area contributed by atoms with Crippen LogP contribution in [0.2, 0.25) is 0 Å². The Labute approximate surface area is 117 Å². The average molecular weight is 280 g/mol. The van der Waals surface area contributed by atoms with Gasteiger partial charge in [-0.1, -0.05) is 38.1 Å². The van der Waals surface area contributed by atoms with Crippen molar-refractivity contribution in [1.82, 2.24) is 10.6 Å². The summed E-state index contributed by atoms with van der Waals surface area (Å²) >= 11 is 0. The smallest absolute Gasteiger partial charge is 0.328 e. The summed E-state index contributed by atoms with van der Waals surface area (Å²) in [5, 5.41) is 22.2. The molecule has 1 unspecified atom stereocenters. The van der Waals surface area contributed by atoms with E-state index in [4.69, 9.17) is 10.2 Å². The summed E-state index contributed by atoms with van der Waals surface area (Å²) in [4.78, 5) is 22.1. The highest BCUT2D eigenvalue weighted by atomic mass is 16.4. The molecule has 20 heavy (non-hydrogen) atoms. The molecule has 0 aliphatic carbocycles. The highest BCUT2D eigenvalue weighted by Crippen LogP contribution is 2.14. The van der Waals surface area contributed by atoms with Crippen molar-refractivity contribution in [3.8, 4) is 0 Å². The topological polar surface area (TPSA) is 98.7 Å². The lowest BCUT2D eigenvalue weighted by atomic mass is 10.0. The van der Waals surface area contributed by atoms with Crippen LogP contribution < -0.4 is 10.6 Å². The van der Waals surface area contributed by atoms with Crippen LogP contribution in [-0.4, -0.2) is 34.9 Å². The van der Waals surface area contributed by atoms with Crippen LogP contribution in [0, 0.1) is 0 Å². The van der Waals surface area contributed by atoms with Crippen molar-refractivity contribution < 1.29 is 19.8 Å². The molecule has 1 rings (SSSR count). The summed E-state index contributed by atoms with van der Waals surface area (Å²) in [5.41, 5.74) is 2.13. The minimum atomic E-state index is -1.29. The minimum absolute atomic E-state index is 0.294. The third kappa shape index (κ3) is 4.89. The van der Waals surface area contributed by atoms with E-state index < -0.39 is 24.6 Å². The molecule has 110 valence electrons. The summed E-state index contributed by atoms with van der Waals surface area (Å²) in [6.07, 6.45) is 0. The number of carbonyl (C=O) groups excluding carboxylic acids is 1. The van der Waals surface area contributed by atoms with Gasteiger partial charge in [0.15, 0.2) is 6.04 Å². The Kier molecular flexibility index (Phi) is 5.99. The van der Waals surface area contributed by atoms with Crippen molar-refractivity contribution in [2.45, 2.75) is 32.4 Å². The third-order valence-corrected chi connectivity index (χ3v) is 2.89. The van der Waals surface area contributed by atoms with Gasteiger partial charge in [-0.05, 0) is 17.0 Å². The fourth-order valence-electron chi connectivity index (χ4n) is 1.60. The predicted molar refractivity (Wildman–Crippen MR) is 74.4 cm³/mol. The molecule has 0 aliphatic rings. The van der Waals surface area contributed by atoms with Gasteiger partial charge in [-0.25, -0.2) is 9.59 Å². The van der Waals surface area contributed by atoms with E-state index >= 15 is 0 Å². The highest BCUT2D eigenvalue weighted by molar-refractivity contribution is 5.82. The second-order valence-corrected chi connectivity index (χ2v) is 4.80. The monoisotopic (exact) mass is 280 g/mol. The van der Waals surface area contributed by atoms with Crippen molar-refractivity contribution in [3.05, 3.63) is 35.4 Å². The molecule has 0 fully saturated rings. The molecule has 0 heterocycles. The SMILES string of the molecule is CC(C)c1ccc(CNC(=O)NC(CO)C(=O)O)cc1. The van der Waals surface area contributed by atoms with Gasteiger partial charge in [-0.3, -0.25) is 0 Å². The van der Waals surface area contributed by atoms with E-state index in [9.17, 15) is 9.59 Å². The van der Waals surface area contributed by atoms with E-state index in [1.807, 2.05) is 24.3 Å². The lowest BCUT2D eigenvalue weighted by Gasteiger charge is -2.13. The van der Waals surface area contributed by atoms with Gasteiger partial charge in [0.2, 0.25) is 0 Å². The van der Waals surface area contributed by atoms with E-state index in [-0.39, 0.29) is 0 Å². The maximum Gasteiger partial charge on any atom is 0.328 e. The van der Waals surface area contributed by atoms with E-state index in [1.165, 1.54) is 5.56 Å². The molecule has 0 saturated carbocycles. The molecule has 0 spiro atoms. The molecule has 6 heteroatoms. The summed E-state index contributed by atoms with van der Waals surface area (Å²) in [6, 6.07) is 5.89. The number of nitrogens with one attached hydrogen (secondary N) is 2. The third-order valence-electron chi connectivity index (χ3n) is 2.89. The van der Waals surface area contributed by atoms with Crippen molar-refractivity contribution in [1.29, 1.82) is 0 Å². The molecule has 6 nitrogen and oxygen atoms in total. The number of rotatable bonds is 6. The van der Waals surface area contributed by atoms with Crippen LogP contribution in [0.5, 0.6) is 0 Å². The molecule has 0 radical (unpaired) electrons. The van der Waals surface area contributed by atoms with Gasteiger partial charge in [0.05, 0.1) is 6.61 Å². The molecule has 1 atom stereocenters. The highest BCUT2D eigenvalue weighted by Gasteiger charge is 2.18. The molecule has 1 aromatic rings. The zero-order valence-corrected chi connectivity index (χ0v) is 11.6. The molecular weight excluding hydrogens is 260 g/mol. The van der Waals surface area contributed by atoms with E-state index in [0.29, 0.717) is 12.5 Å². The number of aliphatic hydroxyl groups excluding tert-OH is 1. The number of amides is 2. The van der Waals surface area contributed by atoms with Gasteiger partial charge in [0.25, 0.3) is 0 Å². The number of aliphatic hydroxyl groups is 1. The van der Waals surface area contributed by atoms with Gasteiger partial charge >= 0.3 is 12.0 Å². The summed E-state index contributed by atoms with van der Waals surface area (Å²) in [5.74, 6) is -0.829. The minimum Gasteiger partial charge on any atom is -0.480 e. The first-order valence-corrected chi connectivity index (χ1v) is 6.41. The first kappa shape index (κ1) is 16.0. The lowest BCUT2D eigenvalue weighted by Crippen LogP contribution is -2.47. The number of carbonyl (C=O) groups is 2. The van der Waals surface area contributed by atoms with Gasteiger partial charge in [-0.15, -0.1) is 0 Å². The normalized spacial score (nSPS) is 12.0. The van der Waals surface area contributed by atoms with Gasteiger partial charge < -0.3 is 20.8 Å².